The Morgan fingerprint density at radius 1 is 1.00 bits per heavy atom. The van der Waals surface area contributed by atoms with E-state index in [0.29, 0.717) is 29.9 Å². The maximum atomic E-state index is 13.3. The lowest BCUT2D eigenvalue weighted by atomic mass is 10.0. The van der Waals surface area contributed by atoms with Gasteiger partial charge in [0, 0.05) is 30.8 Å². The summed E-state index contributed by atoms with van der Waals surface area (Å²) in [5, 5.41) is 46.0. The topological polar surface area (TPSA) is 187 Å². The largest absolute Gasteiger partial charge is 0.508 e. The van der Waals surface area contributed by atoms with Crippen LogP contribution in [0.25, 0.3) is 0 Å². The standard InChI is InChI=1S/C30H30N6O6/c1-36-16-20-15-22(34-30(32-17-31)33-21-7-10-23(37)11-8-21)9-12-24(20)27(36)28(40)35-25(29(41)42)14-19-4-2-18(3-5-19)6-13-26(38)39/h2-5,7-12,15,25,27,37H,6,13-14,16H2,1H3,(H,35,40)(H,38,39)(H,41,42)(H2,32,33,34). The number of nitrogens with zero attached hydrogens (tertiary/aromatic N) is 3. The normalized spacial score (nSPS) is 15.2. The third-order valence-corrected chi connectivity index (χ3v) is 6.81. The summed E-state index contributed by atoms with van der Waals surface area (Å²) in [7, 11) is 1.78. The number of nitrogens with one attached hydrogen (secondary N) is 3. The molecule has 0 bridgehead atoms. The predicted octanol–water partition coefficient (Wildman–Crippen LogP) is 3.07. The van der Waals surface area contributed by atoms with Crippen molar-refractivity contribution in [3.05, 3.63) is 89.0 Å². The van der Waals surface area contributed by atoms with Crippen molar-refractivity contribution in [3.63, 3.8) is 0 Å². The van der Waals surface area contributed by atoms with Crippen LogP contribution in [0.4, 0.5) is 11.4 Å². The van der Waals surface area contributed by atoms with Crippen LogP contribution in [0.15, 0.2) is 71.7 Å². The molecule has 4 rings (SSSR count). The highest BCUT2D eigenvalue weighted by Crippen LogP contribution is 2.34. The predicted molar refractivity (Wildman–Crippen MR) is 155 cm³/mol. The molecule has 216 valence electrons. The first-order valence-electron chi connectivity index (χ1n) is 13.1. The molecule has 0 aromatic heterocycles. The molecule has 12 nitrogen and oxygen atoms in total. The van der Waals surface area contributed by atoms with Crippen LogP contribution < -0.4 is 16.0 Å². The number of carbonyl (C=O) groups is 3. The number of carboxylic acids is 2. The highest BCUT2D eigenvalue weighted by molar-refractivity contribution is 6.04. The molecule has 0 aliphatic carbocycles. The minimum Gasteiger partial charge on any atom is -0.508 e. The van der Waals surface area contributed by atoms with Crippen LogP contribution in [0.2, 0.25) is 0 Å². The number of benzene rings is 3. The number of nitriles is 1. The maximum Gasteiger partial charge on any atom is 0.326 e. The van der Waals surface area contributed by atoms with Gasteiger partial charge in [0.25, 0.3) is 0 Å². The van der Waals surface area contributed by atoms with Gasteiger partial charge in [-0.3, -0.25) is 14.5 Å². The highest BCUT2D eigenvalue weighted by Gasteiger charge is 2.35. The smallest absolute Gasteiger partial charge is 0.326 e. The van der Waals surface area contributed by atoms with Gasteiger partial charge in [0.2, 0.25) is 18.1 Å². The molecular formula is C30H30N6O6. The summed E-state index contributed by atoms with van der Waals surface area (Å²) in [4.78, 5) is 41.7. The van der Waals surface area contributed by atoms with Gasteiger partial charge >= 0.3 is 11.9 Å². The van der Waals surface area contributed by atoms with E-state index in [1.165, 1.54) is 12.1 Å². The number of aliphatic carboxylic acids is 2. The first kappa shape index (κ1) is 29.6. The van der Waals surface area contributed by atoms with Crippen LogP contribution >= 0.6 is 0 Å². The van der Waals surface area contributed by atoms with E-state index in [-0.39, 0.29) is 24.6 Å². The molecular weight excluding hydrogens is 540 g/mol. The van der Waals surface area contributed by atoms with E-state index in [1.54, 1.807) is 61.8 Å². The van der Waals surface area contributed by atoms with E-state index in [2.05, 4.69) is 20.9 Å². The van der Waals surface area contributed by atoms with Crippen molar-refractivity contribution in [3.8, 4) is 11.9 Å². The summed E-state index contributed by atoms with van der Waals surface area (Å²) in [5.74, 6) is -2.22. The van der Waals surface area contributed by atoms with Gasteiger partial charge in [0.15, 0.2) is 0 Å². The molecule has 0 radical (unpaired) electrons. The van der Waals surface area contributed by atoms with Crippen molar-refractivity contribution in [2.24, 2.45) is 4.99 Å². The van der Waals surface area contributed by atoms with E-state index in [4.69, 9.17) is 10.4 Å². The quantitative estimate of drug-likeness (QED) is 0.0915. The fourth-order valence-electron chi connectivity index (χ4n) is 4.76. The van der Waals surface area contributed by atoms with Crippen molar-refractivity contribution in [2.75, 3.05) is 17.7 Å². The number of aliphatic imine (C=N–C) groups is 1. The van der Waals surface area contributed by atoms with Gasteiger partial charge in [0.05, 0.1) is 0 Å². The summed E-state index contributed by atoms with van der Waals surface area (Å²) in [6, 6.07) is 16.8. The number of fused-ring (bicyclic) bond motifs is 1. The molecule has 1 aliphatic heterocycles. The van der Waals surface area contributed by atoms with Crippen molar-refractivity contribution in [1.82, 2.24) is 10.2 Å². The van der Waals surface area contributed by atoms with Crippen molar-refractivity contribution in [2.45, 2.75) is 37.9 Å². The van der Waals surface area contributed by atoms with E-state index < -0.39 is 29.9 Å². The number of guanidine groups is 1. The van der Waals surface area contributed by atoms with Crippen LogP contribution in [-0.4, -0.2) is 57.1 Å². The summed E-state index contributed by atoms with van der Waals surface area (Å²) in [5.41, 5.74) is 4.35. The number of phenolic OH excluding ortho intramolecular Hbond substituents is 1. The molecule has 1 aliphatic rings. The third-order valence-electron chi connectivity index (χ3n) is 6.81. The fourth-order valence-corrected chi connectivity index (χ4v) is 4.76. The number of phenols is 1. The number of carbonyl (C=O) groups excluding carboxylic acids is 1. The number of aromatic hydroxyl groups is 1. The van der Waals surface area contributed by atoms with Gasteiger partial charge in [-0.25, -0.2) is 4.79 Å². The van der Waals surface area contributed by atoms with Gasteiger partial charge in [-0.15, -0.1) is 4.99 Å². The molecule has 0 saturated carbocycles. The number of hydrogen-bond acceptors (Lipinski definition) is 7. The number of hydrogen-bond donors (Lipinski definition) is 6. The summed E-state index contributed by atoms with van der Waals surface area (Å²) in [6.45, 7) is 0.439. The molecule has 12 heteroatoms. The van der Waals surface area contributed by atoms with Crippen molar-refractivity contribution >= 4 is 35.2 Å². The Balaban J connectivity index is 1.43. The van der Waals surface area contributed by atoms with Crippen molar-refractivity contribution < 1.29 is 29.7 Å². The van der Waals surface area contributed by atoms with Gasteiger partial charge < -0.3 is 31.3 Å². The minimum atomic E-state index is -1.16. The van der Waals surface area contributed by atoms with E-state index >= 15 is 0 Å². The summed E-state index contributed by atoms with van der Waals surface area (Å²) in [6.07, 6.45) is 2.19. The number of amides is 1. The van der Waals surface area contributed by atoms with Crippen molar-refractivity contribution in [1.29, 1.82) is 5.26 Å². The SMILES string of the molecule is CN1Cc2cc(NC(=NC#N)Nc3ccc(O)cc3)ccc2C1C(=O)NC(Cc1ccc(CCC(=O)O)cc1)C(=O)O. The number of aryl methyl sites for hydroxylation is 1. The first-order chi connectivity index (χ1) is 20.1. The Morgan fingerprint density at radius 2 is 1.64 bits per heavy atom. The molecule has 42 heavy (non-hydrogen) atoms. The second-order valence-electron chi connectivity index (χ2n) is 9.90. The number of rotatable bonds is 10. The third kappa shape index (κ3) is 7.61. The number of carboxylic acid groups (broad SMARTS) is 2. The van der Waals surface area contributed by atoms with E-state index in [0.717, 1.165) is 16.7 Å². The zero-order valence-electron chi connectivity index (χ0n) is 22.7. The van der Waals surface area contributed by atoms with Crippen LogP contribution in [0.3, 0.4) is 0 Å². The van der Waals surface area contributed by atoms with Crippen LogP contribution in [-0.2, 0) is 33.8 Å². The Bertz CT molecular complexity index is 1530. The van der Waals surface area contributed by atoms with E-state index in [9.17, 15) is 24.6 Å². The average molecular weight is 571 g/mol. The lowest BCUT2D eigenvalue weighted by Crippen LogP contribution is -2.46. The van der Waals surface area contributed by atoms with Gasteiger partial charge in [-0.2, -0.15) is 5.26 Å². The Morgan fingerprint density at radius 3 is 2.29 bits per heavy atom. The Hall–Kier alpha value is -5.41. The molecule has 3 aromatic rings. The average Bonchev–Trinajstić information content (AvgIpc) is 3.28. The molecule has 0 spiro atoms. The molecule has 2 unspecified atom stereocenters. The molecule has 0 fully saturated rings. The second-order valence-corrected chi connectivity index (χ2v) is 9.90. The first-order valence-corrected chi connectivity index (χ1v) is 13.1. The zero-order valence-corrected chi connectivity index (χ0v) is 22.7. The second kappa shape index (κ2) is 13.3. The minimum absolute atomic E-state index is 0.00636. The van der Waals surface area contributed by atoms with Crippen LogP contribution in [0, 0.1) is 11.5 Å². The monoisotopic (exact) mass is 570 g/mol. The summed E-state index contributed by atoms with van der Waals surface area (Å²) < 4.78 is 0. The highest BCUT2D eigenvalue weighted by atomic mass is 16.4. The molecule has 2 atom stereocenters. The van der Waals surface area contributed by atoms with E-state index in [1.807, 2.05) is 11.0 Å². The van der Waals surface area contributed by atoms with Crippen LogP contribution in [0.1, 0.15) is 34.7 Å². The maximum absolute atomic E-state index is 13.3. The molecule has 1 heterocycles. The fraction of sp³-hybridized carbons (Fsp3) is 0.233. The Kier molecular flexibility index (Phi) is 9.36. The van der Waals surface area contributed by atoms with Gasteiger partial charge in [-0.1, -0.05) is 30.3 Å². The number of anilines is 2. The molecule has 1 amide bonds. The van der Waals surface area contributed by atoms with Gasteiger partial charge in [-0.05, 0) is 72.1 Å². The Labute approximate surface area is 241 Å². The summed E-state index contributed by atoms with van der Waals surface area (Å²) >= 11 is 0. The number of likely N-dealkylation sites (N-methyl/N-ethyl adjacent to an activating group) is 1. The lowest BCUT2D eigenvalue weighted by Gasteiger charge is -2.23. The zero-order chi connectivity index (χ0) is 30.2. The molecule has 0 saturated heterocycles. The van der Waals surface area contributed by atoms with Gasteiger partial charge in [0.1, 0.15) is 17.8 Å². The van der Waals surface area contributed by atoms with Crippen LogP contribution in [0.5, 0.6) is 5.75 Å². The lowest BCUT2D eigenvalue weighted by molar-refractivity contribution is -0.142. The molecule has 3 aromatic carbocycles. The molecule has 6 N–H and O–H groups in total.